The zero-order chi connectivity index (χ0) is 20.3. The molecule has 2 fully saturated rings. The van der Waals surface area contributed by atoms with Crippen molar-refractivity contribution in [3.63, 3.8) is 0 Å². The second-order valence-electron chi connectivity index (χ2n) is 7.54. The summed E-state index contributed by atoms with van der Waals surface area (Å²) in [5, 5.41) is 2.82. The number of pyridine rings is 1. The monoisotopic (exact) mass is 414 g/mol. The van der Waals surface area contributed by atoms with Gasteiger partial charge in [-0.2, -0.15) is 4.31 Å². The van der Waals surface area contributed by atoms with Crippen molar-refractivity contribution in [1.82, 2.24) is 9.29 Å². The summed E-state index contributed by atoms with van der Waals surface area (Å²) in [5.41, 5.74) is 1.02. The van der Waals surface area contributed by atoms with Crippen LogP contribution < -0.4 is 10.2 Å². The van der Waals surface area contributed by atoms with E-state index in [-0.39, 0.29) is 10.8 Å². The standard InChI is InChI=1S/C21H26N4O3S/c26-21(23-18-8-11-20(22-16-18)24-12-4-5-13-24)17-6-9-19(10-7-17)29(27,28)25-14-2-1-3-15-25/h6-11,16H,1-5,12-15H2,(H,23,26). The van der Waals surface area contributed by atoms with Crippen LogP contribution in [0.4, 0.5) is 11.5 Å². The van der Waals surface area contributed by atoms with Crippen molar-refractivity contribution in [2.24, 2.45) is 0 Å². The van der Waals surface area contributed by atoms with Crippen LogP contribution in [-0.4, -0.2) is 49.8 Å². The zero-order valence-corrected chi connectivity index (χ0v) is 17.2. The van der Waals surface area contributed by atoms with Gasteiger partial charge in [-0.15, -0.1) is 0 Å². The summed E-state index contributed by atoms with van der Waals surface area (Å²) in [7, 11) is -3.49. The molecule has 29 heavy (non-hydrogen) atoms. The van der Waals surface area contributed by atoms with Crippen LogP contribution in [0.15, 0.2) is 47.5 Å². The Kier molecular flexibility index (Phi) is 5.82. The number of aromatic nitrogens is 1. The number of rotatable bonds is 5. The van der Waals surface area contributed by atoms with Gasteiger partial charge in [0.25, 0.3) is 5.91 Å². The Bertz CT molecular complexity index is 946. The normalized spacial score (nSPS) is 18.0. The largest absolute Gasteiger partial charge is 0.357 e. The van der Waals surface area contributed by atoms with Gasteiger partial charge < -0.3 is 10.2 Å². The van der Waals surface area contributed by atoms with E-state index in [9.17, 15) is 13.2 Å². The molecular formula is C21H26N4O3S. The van der Waals surface area contributed by atoms with E-state index in [4.69, 9.17) is 0 Å². The van der Waals surface area contributed by atoms with E-state index in [1.807, 2.05) is 12.1 Å². The molecule has 2 aromatic rings. The molecular weight excluding hydrogens is 388 g/mol. The van der Waals surface area contributed by atoms with E-state index in [2.05, 4.69) is 15.2 Å². The van der Waals surface area contributed by atoms with Crippen molar-refractivity contribution in [2.45, 2.75) is 37.0 Å². The number of carbonyl (C=O) groups excluding carboxylic acids is 1. The van der Waals surface area contributed by atoms with E-state index in [1.165, 1.54) is 29.3 Å². The minimum Gasteiger partial charge on any atom is -0.357 e. The summed E-state index contributed by atoms with van der Waals surface area (Å²) < 4.78 is 27.0. The highest BCUT2D eigenvalue weighted by Crippen LogP contribution is 2.22. The minimum atomic E-state index is -3.49. The average molecular weight is 415 g/mol. The number of nitrogens with zero attached hydrogens (tertiary/aromatic N) is 3. The van der Waals surface area contributed by atoms with Crippen molar-refractivity contribution in [3.8, 4) is 0 Å². The molecule has 4 rings (SSSR count). The van der Waals surface area contributed by atoms with Gasteiger partial charge in [0, 0.05) is 31.7 Å². The summed E-state index contributed by atoms with van der Waals surface area (Å²) in [6.07, 6.45) is 6.88. The summed E-state index contributed by atoms with van der Waals surface area (Å²) >= 11 is 0. The third kappa shape index (κ3) is 4.43. The number of hydrogen-bond acceptors (Lipinski definition) is 5. The van der Waals surface area contributed by atoms with Gasteiger partial charge >= 0.3 is 0 Å². The maximum absolute atomic E-state index is 12.7. The highest BCUT2D eigenvalue weighted by molar-refractivity contribution is 7.89. The van der Waals surface area contributed by atoms with E-state index < -0.39 is 10.0 Å². The first kappa shape index (κ1) is 19.8. The summed E-state index contributed by atoms with van der Waals surface area (Å²) in [6.45, 7) is 3.16. The van der Waals surface area contributed by atoms with Crippen LogP contribution in [0.25, 0.3) is 0 Å². The predicted molar refractivity (Wildman–Crippen MR) is 113 cm³/mol. The highest BCUT2D eigenvalue weighted by Gasteiger charge is 2.26. The van der Waals surface area contributed by atoms with Gasteiger partial charge in [-0.25, -0.2) is 13.4 Å². The summed E-state index contributed by atoms with van der Waals surface area (Å²) in [6, 6.07) is 9.88. The molecule has 0 radical (unpaired) electrons. The van der Waals surface area contributed by atoms with Crippen LogP contribution >= 0.6 is 0 Å². The molecule has 154 valence electrons. The number of sulfonamides is 1. The van der Waals surface area contributed by atoms with Crippen LogP contribution in [0.1, 0.15) is 42.5 Å². The number of amides is 1. The SMILES string of the molecule is O=C(Nc1ccc(N2CCCC2)nc1)c1ccc(S(=O)(=O)N2CCCCC2)cc1. The number of hydrogen-bond donors (Lipinski definition) is 1. The Balaban J connectivity index is 1.41. The van der Waals surface area contributed by atoms with Gasteiger partial charge in [0.2, 0.25) is 10.0 Å². The van der Waals surface area contributed by atoms with E-state index >= 15 is 0 Å². The minimum absolute atomic E-state index is 0.229. The topological polar surface area (TPSA) is 82.6 Å². The van der Waals surface area contributed by atoms with Gasteiger partial charge in [-0.3, -0.25) is 4.79 Å². The summed E-state index contributed by atoms with van der Waals surface area (Å²) in [5.74, 6) is 0.635. The number of nitrogens with one attached hydrogen (secondary N) is 1. The van der Waals surface area contributed by atoms with Crippen molar-refractivity contribution in [3.05, 3.63) is 48.2 Å². The predicted octanol–water partition coefficient (Wildman–Crippen LogP) is 3.11. The second-order valence-corrected chi connectivity index (χ2v) is 9.48. The van der Waals surface area contributed by atoms with Crippen molar-refractivity contribution >= 4 is 27.4 Å². The molecule has 0 bridgehead atoms. The lowest BCUT2D eigenvalue weighted by Crippen LogP contribution is -2.35. The van der Waals surface area contributed by atoms with Crippen LogP contribution in [0.2, 0.25) is 0 Å². The van der Waals surface area contributed by atoms with Crippen molar-refractivity contribution in [1.29, 1.82) is 0 Å². The number of piperidine rings is 1. The lowest BCUT2D eigenvalue weighted by molar-refractivity contribution is 0.102. The third-order valence-corrected chi connectivity index (χ3v) is 7.42. The van der Waals surface area contributed by atoms with Gasteiger partial charge in [0.1, 0.15) is 5.82 Å². The van der Waals surface area contributed by atoms with Crippen LogP contribution in [0, 0.1) is 0 Å². The molecule has 0 unspecified atom stereocenters. The molecule has 7 nitrogen and oxygen atoms in total. The number of anilines is 2. The molecule has 3 heterocycles. The molecule has 1 aromatic heterocycles. The van der Waals surface area contributed by atoms with Gasteiger partial charge in [-0.05, 0) is 62.1 Å². The van der Waals surface area contributed by atoms with Gasteiger partial charge in [0.05, 0.1) is 16.8 Å². The molecule has 0 saturated carbocycles. The Morgan fingerprint density at radius 1 is 0.862 bits per heavy atom. The van der Waals surface area contributed by atoms with Gasteiger partial charge in [-0.1, -0.05) is 6.42 Å². The van der Waals surface area contributed by atoms with E-state index in [0.717, 1.165) is 38.2 Å². The quantitative estimate of drug-likeness (QED) is 0.813. The third-order valence-electron chi connectivity index (χ3n) is 5.51. The highest BCUT2D eigenvalue weighted by atomic mass is 32.2. The van der Waals surface area contributed by atoms with Crippen molar-refractivity contribution < 1.29 is 13.2 Å². The summed E-state index contributed by atoms with van der Waals surface area (Å²) in [4.78, 5) is 19.4. The first-order chi connectivity index (χ1) is 14.0. The van der Waals surface area contributed by atoms with Crippen LogP contribution in [0.5, 0.6) is 0 Å². The lowest BCUT2D eigenvalue weighted by atomic mass is 10.2. The smallest absolute Gasteiger partial charge is 0.255 e. The van der Waals surface area contributed by atoms with Crippen molar-refractivity contribution in [2.75, 3.05) is 36.4 Å². The molecule has 0 aliphatic carbocycles. The van der Waals surface area contributed by atoms with E-state index in [0.29, 0.717) is 24.3 Å². The Hall–Kier alpha value is -2.45. The van der Waals surface area contributed by atoms with E-state index in [1.54, 1.807) is 18.3 Å². The first-order valence-electron chi connectivity index (χ1n) is 10.2. The maximum Gasteiger partial charge on any atom is 0.255 e. The number of benzene rings is 1. The maximum atomic E-state index is 12.7. The van der Waals surface area contributed by atoms with Gasteiger partial charge in [0.15, 0.2) is 0 Å². The Morgan fingerprint density at radius 2 is 1.52 bits per heavy atom. The average Bonchev–Trinajstić information content (AvgIpc) is 3.30. The van der Waals surface area contributed by atoms with Crippen LogP contribution in [0.3, 0.4) is 0 Å². The molecule has 1 N–H and O–H groups in total. The van der Waals surface area contributed by atoms with Crippen LogP contribution in [-0.2, 0) is 10.0 Å². The second kappa shape index (κ2) is 8.51. The molecule has 0 spiro atoms. The molecule has 1 amide bonds. The fourth-order valence-corrected chi connectivity index (χ4v) is 5.35. The molecule has 2 aliphatic rings. The zero-order valence-electron chi connectivity index (χ0n) is 16.4. The molecule has 1 aromatic carbocycles. The molecule has 2 saturated heterocycles. The lowest BCUT2D eigenvalue weighted by Gasteiger charge is -2.25. The number of carbonyl (C=O) groups is 1. The fraction of sp³-hybridized carbons (Fsp3) is 0.429. The molecule has 8 heteroatoms. The Labute approximate surface area is 171 Å². The Morgan fingerprint density at radius 3 is 2.14 bits per heavy atom. The fourth-order valence-electron chi connectivity index (χ4n) is 3.83. The molecule has 0 atom stereocenters. The molecule has 2 aliphatic heterocycles. The first-order valence-corrected chi connectivity index (χ1v) is 11.6.